The lowest BCUT2D eigenvalue weighted by molar-refractivity contribution is 0.722. The Labute approximate surface area is 244 Å². The van der Waals surface area contributed by atoms with E-state index in [1.54, 1.807) is 0 Å². The summed E-state index contributed by atoms with van der Waals surface area (Å²) >= 11 is 1.86. The predicted octanol–water partition coefficient (Wildman–Crippen LogP) is 9.38. The average Bonchev–Trinajstić information content (AvgIpc) is 3.34. The minimum atomic E-state index is -0.395. The molecule has 1 heterocycles. The molecular formula is C38H26N2S. The topological polar surface area (TPSA) is 24.4 Å². The zero-order valence-corrected chi connectivity index (χ0v) is 23.1. The second-order valence-electron chi connectivity index (χ2n) is 10.5. The molecule has 0 bridgehead atoms. The van der Waals surface area contributed by atoms with Crippen molar-refractivity contribution in [2.24, 2.45) is 5.10 Å². The molecule has 0 aromatic heterocycles. The first-order valence-electron chi connectivity index (χ1n) is 13.9. The van der Waals surface area contributed by atoms with E-state index in [1.165, 1.54) is 43.2 Å². The molecule has 0 atom stereocenters. The van der Waals surface area contributed by atoms with Crippen LogP contribution in [0.5, 0.6) is 0 Å². The maximum atomic E-state index is 4.99. The van der Waals surface area contributed by atoms with E-state index in [-0.39, 0.29) is 0 Å². The van der Waals surface area contributed by atoms with Gasteiger partial charge in [0.05, 0.1) is 16.8 Å². The maximum Gasteiger partial charge on any atom is 0.0977 e. The van der Waals surface area contributed by atoms with E-state index < -0.39 is 5.41 Å². The van der Waals surface area contributed by atoms with Gasteiger partial charge in [0.15, 0.2) is 0 Å². The monoisotopic (exact) mass is 542 g/mol. The third-order valence-electron chi connectivity index (χ3n) is 8.24. The SMILES string of the molecule is c1ccc(C(=NNc2ccc3c(c2)C2(c4ccccc4S3)c3ccccc3-c3ccccc32)c2ccccc2)cc1. The summed E-state index contributed by atoms with van der Waals surface area (Å²) in [6.45, 7) is 0. The molecule has 2 nitrogen and oxygen atoms in total. The van der Waals surface area contributed by atoms with Crippen LogP contribution in [0.1, 0.15) is 33.4 Å². The van der Waals surface area contributed by atoms with Gasteiger partial charge in [-0.1, -0.05) is 139 Å². The molecule has 1 aliphatic heterocycles. The van der Waals surface area contributed by atoms with Crippen molar-refractivity contribution in [1.29, 1.82) is 0 Å². The standard InChI is InChI=1S/C38H26N2S/c1-3-13-26(14-4-1)37(27-15-5-2-6-16-27)40-39-28-23-24-36-34(25-28)38(33-21-11-12-22-35(33)41-36)31-19-9-7-17-29(31)30-18-8-10-20-32(30)38/h1-25,39H. The van der Waals surface area contributed by atoms with Crippen molar-refractivity contribution in [3.63, 3.8) is 0 Å². The lowest BCUT2D eigenvalue weighted by Crippen LogP contribution is -2.32. The number of hydrogen-bond acceptors (Lipinski definition) is 3. The van der Waals surface area contributed by atoms with Crippen molar-refractivity contribution >= 4 is 23.2 Å². The number of nitrogens with one attached hydrogen (secondary N) is 1. The van der Waals surface area contributed by atoms with E-state index in [4.69, 9.17) is 5.10 Å². The number of benzene rings is 6. The third-order valence-corrected chi connectivity index (χ3v) is 9.39. The highest BCUT2D eigenvalue weighted by Crippen LogP contribution is 2.62. The Bertz CT molecular complexity index is 1860. The van der Waals surface area contributed by atoms with Gasteiger partial charge in [0.25, 0.3) is 0 Å². The number of fused-ring (bicyclic) bond motifs is 9. The molecule has 0 radical (unpaired) electrons. The average molecular weight is 543 g/mol. The minimum absolute atomic E-state index is 0.395. The van der Waals surface area contributed by atoms with E-state index in [0.29, 0.717) is 0 Å². The molecule has 0 fully saturated rings. The summed E-state index contributed by atoms with van der Waals surface area (Å²) in [5.41, 5.74) is 15.0. The van der Waals surface area contributed by atoms with Gasteiger partial charge in [0.2, 0.25) is 0 Å². The Hall–Kier alpha value is -4.86. The molecule has 1 aliphatic carbocycles. The Morgan fingerprint density at radius 1 is 0.488 bits per heavy atom. The molecule has 6 aromatic rings. The fraction of sp³-hybridized carbons (Fsp3) is 0.0263. The van der Waals surface area contributed by atoms with E-state index in [1.807, 2.05) is 23.9 Å². The van der Waals surface area contributed by atoms with E-state index in [0.717, 1.165) is 22.5 Å². The van der Waals surface area contributed by atoms with Crippen LogP contribution >= 0.6 is 11.8 Å². The highest BCUT2D eigenvalue weighted by Gasteiger charge is 2.50. The largest absolute Gasteiger partial charge is 0.278 e. The first-order valence-corrected chi connectivity index (χ1v) is 14.7. The van der Waals surface area contributed by atoms with Gasteiger partial charge in [0, 0.05) is 20.9 Å². The van der Waals surface area contributed by atoms with Gasteiger partial charge in [-0.15, -0.1) is 0 Å². The van der Waals surface area contributed by atoms with Gasteiger partial charge < -0.3 is 0 Å². The first kappa shape index (κ1) is 24.0. The molecule has 1 N–H and O–H groups in total. The molecule has 41 heavy (non-hydrogen) atoms. The lowest BCUT2D eigenvalue weighted by atomic mass is 9.67. The Morgan fingerprint density at radius 2 is 1.00 bits per heavy atom. The lowest BCUT2D eigenvalue weighted by Gasteiger charge is -2.39. The zero-order chi connectivity index (χ0) is 27.2. The Balaban J connectivity index is 1.33. The van der Waals surface area contributed by atoms with E-state index in [2.05, 4.69) is 145 Å². The van der Waals surface area contributed by atoms with Crippen molar-refractivity contribution < 1.29 is 0 Å². The van der Waals surface area contributed by atoms with Gasteiger partial charge in [-0.2, -0.15) is 5.10 Å². The van der Waals surface area contributed by atoms with Gasteiger partial charge in [-0.05, 0) is 57.6 Å². The van der Waals surface area contributed by atoms with Crippen LogP contribution in [0.3, 0.4) is 0 Å². The summed E-state index contributed by atoms with van der Waals surface area (Å²) in [7, 11) is 0. The number of hydrogen-bond donors (Lipinski definition) is 1. The molecule has 194 valence electrons. The highest BCUT2D eigenvalue weighted by molar-refractivity contribution is 7.99. The second-order valence-corrected chi connectivity index (χ2v) is 11.5. The van der Waals surface area contributed by atoms with Crippen LogP contribution in [0.25, 0.3) is 11.1 Å². The number of hydrazone groups is 1. The summed E-state index contributed by atoms with van der Waals surface area (Å²) < 4.78 is 0. The number of nitrogens with zero attached hydrogens (tertiary/aromatic N) is 1. The van der Waals surface area contributed by atoms with E-state index >= 15 is 0 Å². The summed E-state index contributed by atoms with van der Waals surface area (Å²) in [6.07, 6.45) is 0. The molecular weight excluding hydrogens is 516 g/mol. The van der Waals surface area contributed by atoms with Crippen LogP contribution in [-0.2, 0) is 5.41 Å². The first-order chi connectivity index (χ1) is 20.3. The number of anilines is 1. The van der Waals surface area contributed by atoms with E-state index in [9.17, 15) is 0 Å². The summed E-state index contributed by atoms with van der Waals surface area (Å²) in [5.74, 6) is 0. The highest BCUT2D eigenvalue weighted by atomic mass is 32.2. The van der Waals surface area contributed by atoms with Gasteiger partial charge in [-0.3, -0.25) is 5.43 Å². The Morgan fingerprint density at radius 3 is 1.63 bits per heavy atom. The minimum Gasteiger partial charge on any atom is -0.278 e. The molecule has 2 aliphatic rings. The van der Waals surface area contributed by atoms with Crippen LogP contribution in [0.2, 0.25) is 0 Å². The summed E-state index contributed by atoms with van der Waals surface area (Å²) in [4.78, 5) is 2.58. The molecule has 1 spiro atoms. The summed E-state index contributed by atoms with van der Waals surface area (Å²) in [6, 6.07) is 54.2. The normalized spacial score (nSPS) is 13.5. The van der Waals surface area contributed by atoms with Crippen molar-refractivity contribution in [1.82, 2.24) is 0 Å². The fourth-order valence-electron chi connectivity index (χ4n) is 6.53. The second kappa shape index (κ2) is 9.65. The molecule has 6 aromatic carbocycles. The summed E-state index contributed by atoms with van der Waals surface area (Å²) in [5, 5.41) is 4.99. The molecule has 0 unspecified atom stereocenters. The van der Waals surface area contributed by atoms with Gasteiger partial charge >= 0.3 is 0 Å². The van der Waals surface area contributed by atoms with Crippen LogP contribution in [0.4, 0.5) is 5.69 Å². The Kier molecular flexibility index (Phi) is 5.65. The molecule has 3 heteroatoms. The predicted molar refractivity (Wildman–Crippen MR) is 170 cm³/mol. The smallest absolute Gasteiger partial charge is 0.0977 e. The van der Waals surface area contributed by atoms with Crippen molar-refractivity contribution in [3.8, 4) is 11.1 Å². The maximum absolute atomic E-state index is 4.99. The van der Waals surface area contributed by atoms with Gasteiger partial charge in [0.1, 0.15) is 0 Å². The third kappa shape index (κ3) is 3.70. The number of rotatable bonds is 4. The van der Waals surface area contributed by atoms with Crippen molar-refractivity contribution in [2.45, 2.75) is 15.2 Å². The zero-order valence-electron chi connectivity index (χ0n) is 22.3. The van der Waals surface area contributed by atoms with Crippen molar-refractivity contribution in [3.05, 3.63) is 185 Å². The van der Waals surface area contributed by atoms with Crippen LogP contribution in [0, 0.1) is 0 Å². The molecule has 8 rings (SSSR count). The molecule has 0 saturated carbocycles. The van der Waals surface area contributed by atoms with Crippen LogP contribution in [-0.4, -0.2) is 5.71 Å². The van der Waals surface area contributed by atoms with Gasteiger partial charge in [-0.25, -0.2) is 0 Å². The van der Waals surface area contributed by atoms with Crippen LogP contribution < -0.4 is 5.43 Å². The fourth-order valence-corrected chi connectivity index (χ4v) is 7.71. The van der Waals surface area contributed by atoms with Crippen molar-refractivity contribution in [2.75, 3.05) is 5.43 Å². The quantitative estimate of drug-likeness (QED) is 0.177. The van der Waals surface area contributed by atoms with Crippen LogP contribution in [0.15, 0.2) is 167 Å². The molecule has 0 saturated heterocycles. The molecule has 0 amide bonds.